The van der Waals surface area contributed by atoms with Gasteiger partial charge in [0.25, 0.3) is 0 Å². The summed E-state index contributed by atoms with van der Waals surface area (Å²) < 4.78 is 1.48. The summed E-state index contributed by atoms with van der Waals surface area (Å²) in [6, 6.07) is 0. The minimum Gasteiger partial charge on any atom is -0.324 e. The molecule has 118 valence electrons. The third-order valence-corrected chi connectivity index (χ3v) is 6.67. The van der Waals surface area contributed by atoms with E-state index < -0.39 is 0 Å². The Morgan fingerprint density at radius 2 is 1.40 bits per heavy atom. The van der Waals surface area contributed by atoms with Crippen molar-refractivity contribution >= 4 is 0 Å². The smallest absolute Gasteiger partial charge is 0.0789 e. The topological polar surface area (TPSA) is 0 Å². The minimum absolute atomic E-state index is 0.512. The fourth-order valence-electron chi connectivity index (χ4n) is 5.03. The molecule has 0 aliphatic carbocycles. The number of quaternary nitrogens is 1. The largest absolute Gasteiger partial charge is 0.324 e. The Morgan fingerprint density at radius 1 is 0.850 bits per heavy atom. The highest BCUT2D eigenvalue weighted by molar-refractivity contribution is 4.86. The fourth-order valence-corrected chi connectivity index (χ4v) is 5.03. The normalized spacial score (nSPS) is 25.1. The van der Waals surface area contributed by atoms with Crippen molar-refractivity contribution < 1.29 is 4.48 Å². The summed E-state index contributed by atoms with van der Waals surface area (Å²) in [4.78, 5) is 0. The first-order chi connectivity index (χ1) is 9.29. The van der Waals surface area contributed by atoms with Gasteiger partial charge in [0.05, 0.1) is 26.2 Å². The van der Waals surface area contributed by atoms with Crippen molar-refractivity contribution in [3.63, 3.8) is 0 Å². The van der Waals surface area contributed by atoms with Crippen LogP contribution in [0, 0.1) is 16.7 Å². The molecule has 1 nitrogen and oxygen atoms in total. The van der Waals surface area contributed by atoms with E-state index in [0.29, 0.717) is 10.8 Å². The van der Waals surface area contributed by atoms with Crippen molar-refractivity contribution in [3.05, 3.63) is 0 Å². The van der Waals surface area contributed by atoms with Gasteiger partial charge in [-0.15, -0.1) is 0 Å². The molecule has 2 saturated heterocycles. The molecule has 1 spiro atoms. The molecule has 0 amide bonds. The molecule has 0 radical (unpaired) electrons. The SMILES string of the molecule is CCC(C)(C)CC(C)(C)C1CC[N+]2(CCCCC2)CC1. The van der Waals surface area contributed by atoms with Crippen molar-refractivity contribution in [1.29, 1.82) is 0 Å². The monoisotopic (exact) mass is 280 g/mol. The van der Waals surface area contributed by atoms with Gasteiger partial charge in [-0.25, -0.2) is 0 Å². The van der Waals surface area contributed by atoms with Crippen molar-refractivity contribution in [1.82, 2.24) is 0 Å². The Bertz CT molecular complexity index is 300. The lowest BCUT2D eigenvalue weighted by Gasteiger charge is -2.50. The van der Waals surface area contributed by atoms with Gasteiger partial charge in [-0.1, -0.05) is 41.0 Å². The van der Waals surface area contributed by atoms with Gasteiger partial charge in [-0.3, -0.25) is 0 Å². The Kier molecular flexibility index (Phi) is 4.89. The molecule has 2 rings (SSSR count). The van der Waals surface area contributed by atoms with Gasteiger partial charge < -0.3 is 4.48 Å². The van der Waals surface area contributed by atoms with Crippen LogP contribution in [0.25, 0.3) is 0 Å². The molecule has 1 heteroatoms. The summed E-state index contributed by atoms with van der Waals surface area (Å²) in [6.45, 7) is 18.3. The van der Waals surface area contributed by atoms with Crippen LogP contribution in [0.5, 0.6) is 0 Å². The third-order valence-electron chi connectivity index (χ3n) is 6.67. The van der Waals surface area contributed by atoms with Crippen LogP contribution in [-0.2, 0) is 0 Å². The molecule has 2 fully saturated rings. The Balaban J connectivity index is 1.92. The summed E-state index contributed by atoms with van der Waals surface area (Å²) in [6.07, 6.45) is 10.1. The number of piperidine rings is 2. The predicted molar refractivity (Wildman–Crippen MR) is 88.8 cm³/mol. The van der Waals surface area contributed by atoms with Crippen LogP contribution in [0.2, 0.25) is 0 Å². The van der Waals surface area contributed by atoms with E-state index in [1.54, 1.807) is 0 Å². The molecule has 0 atom stereocenters. The van der Waals surface area contributed by atoms with E-state index in [0.717, 1.165) is 5.92 Å². The highest BCUT2D eigenvalue weighted by Gasteiger charge is 2.41. The van der Waals surface area contributed by atoms with Gasteiger partial charge >= 0.3 is 0 Å². The van der Waals surface area contributed by atoms with Gasteiger partial charge in [0.15, 0.2) is 0 Å². The van der Waals surface area contributed by atoms with Crippen molar-refractivity contribution in [2.75, 3.05) is 26.2 Å². The van der Waals surface area contributed by atoms with E-state index in [9.17, 15) is 0 Å². The van der Waals surface area contributed by atoms with Crippen LogP contribution in [0.4, 0.5) is 0 Å². The zero-order valence-electron chi connectivity index (χ0n) is 14.8. The zero-order valence-corrected chi connectivity index (χ0v) is 14.8. The van der Waals surface area contributed by atoms with Crippen LogP contribution >= 0.6 is 0 Å². The average Bonchev–Trinajstić information content (AvgIpc) is 2.39. The second kappa shape index (κ2) is 5.99. The maximum Gasteiger partial charge on any atom is 0.0789 e. The standard InChI is InChI=1S/C19H38N/c1-6-18(2,3)16-19(4,5)17-10-14-20(15-11-17)12-8-7-9-13-20/h17H,6-16H2,1-5H3/q+1. The number of hydrogen-bond acceptors (Lipinski definition) is 0. The Hall–Kier alpha value is -0.0400. The van der Waals surface area contributed by atoms with Crippen LogP contribution in [0.1, 0.15) is 79.6 Å². The van der Waals surface area contributed by atoms with Crippen LogP contribution < -0.4 is 0 Å². The van der Waals surface area contributed by atoms with E-state index in [1.807, 2.05) is 0 Å². The Labute approximate surface area is 127 Å². The molecular weight excluding hydrogens is 242 g/mol. The lowest BCUT2D eigenvalue weighted by atomic mass is 9.64. The molecular formula is C19H38N+. The molecule has 0 aromatic rings. The first-order valence-electron chi connectivity index (χ1n) is 9.14. The maximum atomic E-state index is 2.54. The van der Waals surface area contributed by atoms with E-state index in [-0.39, 0.29) is 0 Å². The molecule has 0 N–H and O–H groups in total. The minimum atomic E-state index is 0.512. The lowest BCUT2D eigenvalue weighted by molar-refractivity contribution is -0.938. The molecule has 2 aliphatic rings. The molecule has 0 bridgehead atoms. The molecule has 0 aromatic heterocycles. The van der Waals surface area contributed by atoms with Crippen molar-refractivity contribution in [3.8, 4) is 0 Å². The van der Waals surface area contributed by atoms with Gasteiger partial charge in [0.2, 0.25) is 0 Å². The van der Waals surface area contributed by atoms with E-state index in [4.69, 9.17) is 0 Å². The number of hydrogen-bond donors (Lipinski definition) is 0. The van der Waals surface area contributed by atoms with E-state index in [1.165, 1.54) is 75.6 Å². The molecule has 0 unspecified atom stereocenters. The first-order valence-corrected chi connectivity index (χ1v) is 9.14. The second-order valence-corrected chi connectivity index (χ2v) is 9.25. The molecule has 20 heavy (non-hydrogen) atoms. The molecule has 2 aliphatic heterocycles. The van der Waals surface area contributed by atoms with Crippen LogP contribution in [0.15, 0.2) is 0 Å². The third kappa shape index (κ3) is 3.78. The van der Waals surface area contributed by atoms with E-state index in [2.05, 4.69) is 34.6 Å². The van der Waals surface area contributed by atoms with Gasteiger partial charge in [0, 0.05) is 12.8 Å². The van der Waals surface area contributed by atoms with Crippen molar-refractivity contribution in [2.24, 2.45) is 16.7 Å². The summed E-state index contributed by atoms with van der Waals surface area (Å²) in [5, 5.41) is 0. The quantitative estimate of drug-likeness (QED) is 0.617. The van der Waals surface area contributed by atoms with Crippen molar-refractivity contribution in [2.45, 2.75) is 79.6 Å². The molecule has 0 aromatic carbocycles. The van der Waals surface area contributed by atoms with Crippen LogP contribution in [-0.4, -0.2) is 30.7 Å². The average molecular weight is 281 g/mol. The highest BCUT2D eigenvalue weighted by Crippen LogP contribution is 2.45. The summed E-state index contributed by atoms with van der Waals surface area (Å²) in [5.74, 6) is 0.957. The second-order valence-electron chi connectivity index (χ2n) is 9.25. The lowest BCUT2D eigenvalue weighted by Crippen LogP contribution is -2.56. The summed E-state index contributed by atoms with van der Waals surface area (Å²) in [7, 11) is 0. The zero-order chi connectivity index (χ0) is 14.9. The van der Waals surface area contributed by atoms with Gasteiger partial charge in [-0.2, -0.15) is 0 Å². The van der Waals surface area contributed by atoms with Crippen LogP contribution in [0.3, 0.4) is 0 Å². The maximum absolute atomic E-state index is 2.54. The molecule has 2 heterocycles. The first kappa shape index (κ1) is 16.3. The van der Waals surface area contributed by atoms with E-state index >= 15 is 0 Å². The summed E-state index contributed by atoms with van der Waals surface area (Å²) in [5.41, 5.74) is 1.04. The van der Waals surface area contributed by atoms with Gasteiger partial charge in [-0.05, 0) is 42.4 Å². The highest BCUT2D eigenvalue weighted by atomic mass is 15.4. The van der Waals surface area contributed by atoms with Gasteiger partial charge in [0.1, 0.15) is 0 Å². The number of nitrogens with zero attached hydrogens (tertiary/aromatic N) is 1. The Morgan fingerprint density at radius 3 is 1.90 bits per heavy atom. The predicted octanol–water partition coefficient (Wildman–Crippen LogP) is 5.25. The summed E-state index contributed by atoms with van der Waals surface area (Å²) >= 11 is 0. The molecule has 0 saturated carbocycles. The number of rotatable bonds is 4. The fraction of sp³-hybridized carbons (Fsp3) is 1.00.